The molecule has 18 heavy (non-hydrogen) atoms. The molecule has 0 aliphatic carbocycles. The lowest BCUT2D eigenvalue weighted by molar-refractivity contribution is 0.177. The Morgan fingerprint density at radius 1 is 1.28 bits per heavy atom. The zero-order chi connectivity index (χ0) is 13.4. The molecule has 1 heterocycles. The van der Waals surface area contributed by atoms with Crippen LogP contribution in [0.4, 0.5) is 5.82 Å². The Kier molecular flexibility index (Phi) is 6.38. The van der Waals surface area contributed by atoms with Gasteiger partial charge in [0.1, 0.15) is 12.4 Å². The van der Waals surface area contributed by atoms with Crippen molar-refractivity contribution in [3.63, 3.8) is 0 Å². The topological polar surface area (TPSA) is 59.5 Å². The van der Waals surface area contributed by atoms with Crippen molar-refractivity contribution in [3.8, 4) is 5.88 Å². The van der Waals surface area contributed by atoms with Crippen LogP contribution in [0.2, 0.25) is 0 Å². The lowest BCUT2D eigenvalue weighted by atomic mass is 10.4. The minimum atomic E-state index is 0.379. The molecule has 1 N–H and O–H groups in total. The van der Waals surface area contributed by atoms with Gasteiger partial charge in [-0.25, -0.2) is 4.98 Å². The Morgan fingerprint density at radius 2 is 2.06 bits per heavy atom. The van der Waals surface area contributed by atoms with Crippen LogP contribution >= 0.6 is 0 Å². The van der Waals surface area contributed by atoms with E-state index >= 15 is 0 Å². The number of nitrogens with one attached hydrogen (secondary N) is 1. The van der Waals surface area contributed by atoms with Crippen molar-refractivity contribution < 1.29 is 9.47 Å². The van der Waals surface area contributed by atoms with Crippen LogP contribution in [0.15, 0.2) is 6.07 Å². The molecule has 6 nitrogen and oxygen atoms in total. The van der Waals surface area contributed by atoms with Crippen LogP contribution in [0.25, 0.3) is 0 Å². The number of ether oxygens (including phenoxy) is 2. The van der Waals surface area contributed by atoms with Gasteiger partial charge in [-0.05, 0) is 27.1 Å². The van der Waals surface area contributed by atoms with E-state index in [9.17, 15) is 0 Å². The van der Waals surface area contributed by atoms with E-state index in [1.807, 2.05) is 0 Å². The second-order valence-electron chi connectivity index (χ2n) is 4.23. The molecule has 0 aromatic carbocycles. The van der Waals surface area contributed by atoms with Gasteiger partial charge < -0.3 is 19.7 Å². The Bertz CT molecular complexity index is 358. The predicted molar refractivity (Wildman–Crippen MR) is 71.0 cm³/mol. The quantitative estimate of drug-likeness (QED) is 0.698. The van der Waals surface area contributed by atoms with Crippen molar-refractivity contribution in [2.24, 2.45) is 0 Å². The summed E-state index contributed by atoms with van der Waals surface area (Å²) in [5.41, 5.74) is 0. The minimum absolute atomic E-state index is 0.379. The molecule has 1 aromatic rings. The Morgan fingerprint density at radius 3 is 2.67 bits per heavy atom. The monoisotopic (exact) mass is 254 g/mol. The molecule has 0 unspecified atom stereocenters. The van der Waals surface area contributed by atoms with E-state index in [1.165, 1.54) is 0 Å². The number of methoxy groups -OCH3 is 2. The van der Waals surface area contributed by atoms with E-state index in [2.05, 4.69) is 34.3 Å². The Hall–Kier alpha value is -1.40. The maximum atomic E-state index is 5.13. The van der Waals surface area contributed by atoms with Gasteiger partial charge in [0.25, 0.3) is 0 Å². The van der Waals surface area contributed by atoms with Crippen molar-refractivity contribution in [1.29, 1.82) is 0 Å². The number of nitrogens with zero attached hydrogens (tertiary/aromatic N) is 3. The van der Waals surface area contributed by atoms with Crippen molar-refractivity contribution >= 4 is 5.82 Å². The Labute approximate surface area is 108 Å². The highest BCUT2D eigenvalue weighted by molar-refractivity contribution is 5.38. The van der Waals surface area contributed by atoms with Gasteiger partial charge >= 0.3 is 0 Å². The summed E-state index contributed by atoms with van der Waals surface area (Å²) in [5.74, 6) is 1.94. The smallest absolute Gasteiger partial charge is 0.218 e. The summed E-state index contributed by atoms with van der Waals surface area (Å²) in [6.45, 7) is 2.29. The fourth-order valence-electron chi connectivity index (χ4n) is 1.47. The van der Waals surface area contributed by atoms with Crippen LogP contribution in [0, 0.1) is 0 Å². The lowest BCUT2D eigenvalue weighted by Crippen LogP contribution is -2.17. The van der Waals surface area contributed by atoms with Gasteiger partial charge in [0.15, 0.2) is 5.82 Å². The zero-order valence-electron chi connectivity index (χ0n) is 11.6. The standard InChI is InChI=1S/C12H22N4O2/c1-16(2)7-5-6-13-10-8-12(18-4)15-11(14-10)9-17-3/h8H,5-7,9H2,1-4H3,(H,13,14,15). The van der Waals surface area contributed by atoms with E-state index in [-0.39, 0.29) is 0 Å². The minimum Gasteiger partial charge on any atom is -0.481 e. The number of anilines is 1. The van der Waals surface area contributed by atoms with Gasteiger partial charge in [0.2, 0.25) is 5.88 Å². The van der Waals surface area contributed by atoms with Gasteiger partial charge in [-0.3, -0.25) is 0 Å². The molecular formula is C12H22N4O2. The zero-order valence-corrected chi connectivity index (χ0v) is 11.6. The average molecular weight is 254 g/mol. The molecule has 0 aliphatic rings. The first-order valence-corrected chi connectivity index (χ1v) is 5.95. The summed E-state index contributed by atoms with van der Waals surface area (Å²) in [5, 5.41) is 3.26. The highest BCUT2D eigenvalue weighted by Crippen LogP contribution is 2.13. The van der Waals surface area contributed by atoms with E-state index in [1.54, 1.807) is 20.3 Å². The van der Waals surface area contributed by atoms with Gasteiger partial charge in [-0.1, -0.05) is 0 Å². The van der Waals surface area contributed by atoms with Crippen LogP contribution in [0.3, 0.4) is 0 Å². The molecule has 0 spiro atoms. The molecule has 1 rings (SSSR count). The van der Waals surface area contributed by atoms with Crippen LogP contribution < -0.4 is 10.1 Å². The van der Waals surface area contributed by atoms with Crippen LogP contribution in [-0.4, -0.2) is 56.3 Å². The van der Waals surface area contributed by atoms with Gasteiger partial charge in [0.05, 0.1) is 7.11 Å². The van der Waals surface area contributed by atoms with Crippen molar-refractivity contribution in [2.45, 2.75) is 13.0 Å². The highest BCUT2D eigenvalue weighted by atomic mass is 16.5. The van der Waals surface area contributed by atoms with E-state index < -0.39 is 0 Å². The number of aromatic nitrogens is 2. The van der Waals surface area contributed by atoms with E-state index in [0.29, 0.717) is 18.3 Å². The molecule has 0 amide bonds. The first kappa shape index (κ1) is 14.7. The van der Waals surface area contributed by atoms with Crippen LogP contribution in [-0.2, 0) is 11.3 Å². The fraction of sp³-hybridized carbons (Fsp3) is 0.667. The van der Waals surface area contributed by atoms with Gasteiger partial charge in [-0.15, -0.1) is 0 Å². The van der Waals surface area contributed by atoms with E-state index in [4.69, 9.17) is 9.47 Å². The third kappa shape index (κ3) is 5.29. The maximum Gasteiger partial charge on any atom is 0.218 e. The first-order chi connectivity index (χ1) is 8.65. The molecule has 6 heteroatoms. The summed E-state index contributed by atoms with van der Waals surface area (Å²) in [7, 11) is 7.33. The average Bonchev–Trinajstić information content (AvgIpc) is 2.34. The number of rotatable bonds is 8. The van der Waals surface area contributed by atoms with Gasteiger partial charge in [-0.2, -0.15) is 4.98 Å². The molecule has 0 saturated carbocycles. The predicted octanol–water partition coefficient (Wildman–Crippen LogP) is 0.995. The summed E-state index contributed by atoms with van der Waals surface area (Å²) >= 11 is 0. The SMILES string of the molecule is COCc1nc(NCCCN(C)C)cc(OC)n1. The van der Waals surface area contributed by atoms with Crippen LogP contribution in [0.5, 0.6) is 5.88 Å². The first-order valence-electron chi connectivity index (χ1n) is 5.95. The molecule has 0 atom stereocenters. The van der Waals surface area contributed by atoms with Crippen molar-refractivity contribution in [3.05, 3.63) is 11.9 Å². The summed E-state index contributed by atoms with van der Waals surface area (Å²) in [6.07, 6.45) is 1.05. The molecule has 102 valence electrons. The molecule has 0 fully saturated rings. The highest BCUT2D eigenvalue weighted by Gasteiger charge is 2.04. The second-order valence-corrected chi connectivity index (χ2v) is 4.23. The number of hydrogen-bond acceptors (Lipinski definition) is 6. The summed E-state index contributed by atoms with van der Waals surface area (Å²) in [4.78, 5) is 10.7. The molecule has 0 radical (unpaired) electrons. The van der Waals surface area contributed by atoms with Crippen molar-refractivity contribution in [2.75, 3.05) is 46.7 Å². The molecule has 0 aliphatic heterocycles. The number of hydrogen-bond donors (Lipinski definition) is 1. The molecule has 1 aromatic heterocycles. The van der Waals surface area contributed by atoms with Crippen LogP contribution in [0.1, 0.15) is 12.2 Å². The maximum absolute atomic E-state index is 5.13. The summed E-state index contributed by atoms with van der Waals surface area (Å²) in [6, 6.07) is 1.79. The van der Waals surface area contributed by atoms with E-state index in [0.717, 1.165) is 25.3 Å². The van der Waals surface area contributed by atoms with Gasteiger partial charge in [0, 0.05) is 19.7 Å². The molecule has 0 saturated heterocycles. The Balaban J connectivity index is 2.55. The lowest BCUT2D eigenvalue weighted by Gasteiger charge is -2.11. The third-order valence-corrected chi connectivity index (χ3v) is 2.32. The molecular weight excluding hydrogens is 232 g/mol. The third-order valence-electron chi connectivity index (χ3n) is 2.32. The molecule has 0 bridgehead atoms. The second kappa shape index (κ2) is 7.84. The largest absolute Gasteiger partial charge is 0.481 e. The van der Waals surface area contributed by atoms with Crippen molar-refractivity contribution in [1.82, 2.24) is 14.9 Å². The normalized spacial score (nSPS) is 10.7. The fourth-order valence-corrected chi connectivity index (χ4v) is 1.47. The summed E-state index contributed by atoms with van der Waals surface area (Å²) < 4.78 is 10.2.